The average molecular weight is 730 g/mol. The maximum absolute atomic E-state index is 6.46. The van der Waals surface area contributed by atoms with Crippen LogP contribution in [0.4, 0.5) is 5.69 Å². The van der Waals surface area contributed by atoms with E-state index in [9.17, 15) is 0 Å². The minimum absolute atomic E-state index is 0.217. The van der Waals surface area contributed by atoms with Crippen molar-refractivity contribution in [2.45, 2.75) is 43.6 Å². The minimum atomic E-state index is -0.397. The molecule has 2 nitrogen and oxygen atoms in total. The standard InChI is InChI=1S/C55H39NO/c1-2-15-35(16-3-1)56(48-26-14-28-50-52(48)44-23-10-13-27-49(44)57-50)36-30-32-37-34(33-36)29-31-45-51-42-21-6-4-17-38(42)39-18-5-7-22-43(39)54(51)55(53(37)45)46-24-11-8-19-40(46)41-20-9-12-25-47(41)55/h1-15,17-28,33,35H,16,29-32H2. The number of nitrogens with zero attached hydrogens (tertiary/aromatic N) is 1. The van der Waals surface area contributed by atoms with Crippen LogP contribution < -0.4 is 4.90 Å². The van der Waals surface area contributed by atoms with Crippen molar-refractivity contribution in [1.82, 2.24) is 0 Å². The Kier molecular flexibility index (Phi) is 6.47. The van der Waals surface area contributed by atoms with E-state index in [1.54, 1.807) is 16.7 Å². The van der Waals surface area contributed by atoms with Gasteiger partial charge in [-0.15, -0.1) is 0 Å². The van der Waals surface area contributed by atoms with E-state index in [0.29, 0.717) is 0 Å². The lowest BCUT2D eigenvalue weighted by atomic mass is 9.64. The van der Waals surface area contributed by atoms with Crippen molar-refractivity contribution in [2.24, 2.45) is 0 Å². The van der Waals surface area contributed by atoms with Crippen LogP contribution in [-0.2, 0) is 5.41 Å². The van der Waals surface area contributed by atoms with Gasteiger partial charge >= 0.3 is 0 Å². The number of rotatable bonds is 3. The number of hydrogen-bond donors (Lipinski definition) is 0. The molecule has 0 radical (unpaired) electrons. The maximum Gasteiger partial charge on any atom is 0.137 e. The number of anilines is 1. The van der Waals surface area contributed by atoms with E-state index >= 15 is 0 Å². The normalized spacial score (nSPS) is 18.7. The molecule has 0 saturated carbocycles. The Hall–Kier alpha value is -6.64. The number of furan rings is 1. The third-order valence-corrected chi connectivity index (χ3v) is 13.8. The highest BCUT2D eigenvalue weighted by atomic mass is 16.3. The summed E-state index contributed by atoms with van der Waals surface area (Å²) in [6.45, 7) is 0. The van der Waals surface area contributed by atoms with Gasteiger partial charge in [-0.25, -0.2) is 0 Å². The van der Waals surface area contributed by atoms with Crippen molar-refractivity contribution in [3.8, 4) is 11.1 Å². The van der Waals surface area contributed by atoms with Crippen LogP contribution in [0.15, 0.2) is 197 Å². The third-order valence-electron chi connectivity index (χ3n) is 13.8. The van der Waals surface area contributed by atoms with E-state index in [-0.39, 0.29) is 6.04 Å². The first-order valence-corrected chi connectivity index (χ1v) is 20.6. The summed E-state index contributed by atoms with van der Waals surface area (Å²) >= 11 is 0. The Bertz CT molecular complexity index is 3190. The van der Waals surface area contributed by atoms with Crippen molar-refractivity contribution < 1.29 is 4.42 Å². The molecule has 0 bridgehead atoms. The fourth-order valence-electron chi connectivity index (χ4n) is 11.7. The monoisotopic (exact) mass is 729 g/mol. The van der Waals surface area contributed by atoms with E-state index in [1.807, 2.05) is 0 Å². The molecular weight excluding hydrogens is 691 g/mol. The lowest BCUT2D eigenvalue weighted by Crippen LogP contribution is -2.35. The minimum Gasteiger partial charge on any atom is -0.456 e. The second kappa shape index (κ2) is 11.7. The highest BCUT2D eigenvalue weighted by Crippen LogP contribution is 2.68. The Labute approximate surface area is 332 Å². The molecular formula is C55H39NO. The molecule has 2 heteroatoms. The van der Waals surface area contributed by atoms with Gasteiger partial charge in [-0.05, 0) is 134 Å². The van der Waals surface area contributed by atoms with Gasteiger partial charge < -0.3 is 9.32 Å². The van der Waals surface area contributed by atoms with Crippen molar-refractivity contribution >= 4 is 54.7 Å². The number of fused-ring (bicyclic) bond motifs is 18. The second-order valence-electron chi connectivity index (χ2n) is 16.4. The first kappa shape index (κ1) is 31.6. The Morgan fingerprint density at radius 3 is 1.96 bits per heavy atom. The molecule has 0 amide bonds. The number of allylic oxidation sites excluding steroid dienone is 8. The summed E-state index contributed by atoms with van der Waals surface area (Å²) in [6.07, 6.45) is 16.7. The predicted molar refractivity (Wildman–Crippen MR) is 237 cm³/mol. The molecule has 0 aliphatic heterocycles. The summed E-state index contributed by atoms with van der Waals surface area (Å²) in [7, 11) is 0. The number of para-hydroxylation sites is 1. The molecule has 0 fully saturated rings. The SMILES string of the molecule is C1=CCC(N(C2=CC3=C(CC2)C2=C(CC3)c3c(c4ccccc4c4ccccc34)C23c2ccccc2-c2ccccc23)c2cccc3oc4ccccc4c23)C=C1. The first-order chi connectivity index (χ1) is 28.3. The van der Waals surface area contributed by atoms with Gasteiger partial charge in [0.05, 0.1) is 22.5 Å². The number of benzene rings is 7. The Balaban J connectivity index is 1.10. The van der Waals surface area contributed by atoms with Crippen LogP contribution in [0.25, 0.3) is 60.2 Å². The lowest BCUT2D eigenvalue weighted by molar-refractivity contribution is 0.668. The van der Waals surface area contributed by atoms with Crippen molar-refractivity contribution in [3.63, 3.8) is 0 Å². The van der Waals surface area contributed by atoms with E-state index in [2.05, 4.69) is 175 Å². The molecule has 1 unspecified atom stereocenters. The van der Waals surface area contributed by atoms with Crippen LogP contribution in [0, 0.1) is 0 Å². The van der Waals surface area contributed by atoms with E-state index in [0.717, 1.165) is 43.3 Å². The number of hydrogen-bond acceptors (Lipinski definition) is 2. The smallest absolute Gasteiger partial charge is 0.137 e. The van der Waals surface area contributed by atoms with Crippen LogP contribution in [0.5, 0.6) is 0 Å². The zero-order valence-electron chi connectivity index (χ0n) is 31.6. The van der Waals surface area contributed by atoms with Gasteiger partial charge in [0.2, 0.25) is 0 Å². The van der Waals surface area contributed by atoms with Gasteiger partial charge in [0.25, 0.3) is 0 Å². The molecule has 5 aliphatic carbocycles. The summed E-state index contributed by atoms with van der Waals surface area (Å²) in [5.74, 6) is 0. The zero-order chi connectivity index (χ0) is 37.2. The molecule has 1 aromatic heterocycles. The topological polar surface area (TPSA) is 16.4 Å². The molecule has 1 spiro atoms. The fraction of sp³-hybridized carbons (Fsp3) is 0.127. The van der Waals surface area contributed by atoms with Crippen molar-refractivity contribution in [3.05, 3.63) is 215 Å². The zero-order valence-corrected chi connectivity index (χ0v) is 31.6. The quantitative estimate of drug-likeness (QED) is 0.168. The van der Waals surface area contributed by atoms with E-state index in [1.165, 1.54) is 82.7 Å². The van der Waals surface area contributed by atoms with Crippen LogP contribution in [0.3, 0.4) is 0 Å². The maximum atomic E-state index is 6.46. The Morgan fingerprint density at radius 2 is 1.19 bits per heavy atom. The highest BCUT2D eigenvalue weighted by Gasteiger charge is 2.56. The van der Waals surface area contributed by atoms with Crippen LogP contribution in [0.2, 0.25) is 0 Å². The molecule has 7 aromatic carbocycles. The molecule has 0 saturated heterocycles. The predicted octanol–water partition coefficient (Wildman–Crippen LogP) is 14.1. The van der Waals surface area contributed by atoms with Gasteiger partial charge in [0.1, 0.15) is 11.2 Å². The van der Waals surface area contributed by atoms with Crippen molar-refractivity contribution in [2.75, 3.05) is 4.90 Å². The fourth-order valence-corrected chi connectivity index (χ4v) is 11.7. The van der Waals surface area contributed by atoms with Gasteiger partial charge in [-0.3, -0.25) is 0 Å². The molecule has 0 N–H and O–H groups in total. The molecule has 5 aliphatic rings. The average Bonchev–Trinajstić information content (AvgIpc) is 3.92. The molecule has 270 valence electrons. The van der Waals surface area contributed by atoms with Gasteiger partial charge in [-0.1, -0.05) is 146 Å². The first-order valence-electron chi connectivity index (χ1n) is 20.6. The van der Waals surface area contributed by atoms with Crippen LogP contribution >= 0.6 is 0 Å². The molecule has 1 heterocycles. The molecule has 57 heavy (non-hydrogen) atoms. The summed E-state index contributed by atoms with van der Waals surface area (Å²) < 4.78 is 6.46. The Morgan fingerprint density at radius 1 is 0.544 bits per heavy atom. The van der Waals surface area contributed by atoms with E-state index < -0.39 is 5.41 Å². The molecule has 8 aromatic rings. The van der Waals surface area contributed by atoms with Crippen LogP contribution in [0.1, 0.15) is 54.4 Å². The third kappa shape index (κ3) is 4.10. The van der Waals surface area contributed by atoms with Gasteiger partial charge in [0, 0.05) is 11.1 Å². The van der Waals surface area contributed by atoms with Gasteiger partial charge in [0.15, 0.2) is 0 Å². The molecule has 1 atom stereocenters. The molecule has 13 rings (SSSR count). The highest BCUT2D eigenvalue weighted by molar-refractivity contribution is 6.18. The summed E-state index contributed by atoms with van der Waals surface area (Å²) in [6, 6.07) is 52.4. The van der Waals surface area contributed by atoms with Gasteiger partial charge in [-0.2, -0.15) is 0 Å². The largest absolute Gasteiger partial charge is 0.456 e. The van der Waals surface area contributed by atoms with Crippen LogP contribution in [-0.4, -0.2) is 6.04 Å². The summed E-state index contributed by atoms with van der Waals surface area (Å²) in [5, 5.41) is 7.85. The lowest BCUT2D eigenvalue weighted by Gasteiger charge is -2.40. The van der Waals surface area contributed by atoms with Crippen molar-refractivity contribution in [1.29, 1.82) is 0 Å². The van der Waals surface area contributed by atoms with E-state index in [4.69, 9.17) is 4.42 Å². The summed E-state index contributed by atoms with van der Waals surface area (Å²) in [5.41, 5.74) is 18.9. The second-order valence-corrected chi connectivity index (χ2v) is 16.4. The summed E-state index contributed by atoms with van der Waals surface area (Å²) in [4.78, 5) is 2.65.